The van der Waals surface area contributed by atoms with Crippen LogP contribution in [0.2, 0.25) is 0 Å². The minimum atomic E-state index is 0.440. The minimum absolute atomic E-state index is 0.440. The highest BCUT2D eigenvalue weighted by atomic mass is 16.5. The largest absolute Gasteiger partial charge is 0.376 e. The maximum Gasteiger partial charge on any atom is 0.0705 e. The molecule has 2 fully saturated rings. The lowest BCUT2D eigenvalue weighted by Crippen LogP contribution is -2.43. The van der Waals surface area contributed by atoms with Crippen molar-refractivity contribution in [3.8, 4) is 0 Å². The van der Waals surface area contributed by atoms with Crippen LogP contribution in [0.3, 0.4) is 0 Å². The van der Waals surface area contributed by atoms with E-state index in [0.29, 0.717) is 6.10 Å². The van der Waals surface area contributed by atoms with Gasteiger partial charge in [-0.15, -0.1) is 0 Å². The molecule has 0 amide bonds. The van der Waals surface area contributed by atoms with Crippen molar-refractivity contribution in [3.05, 3.63) is 35.9 Å². The quantitative estimate of drug-likeness (QED) is 0.911. The number of ether oxygens (including phenoxy) is 1. The molecule has 1 atom stereocenters. The molecule has 3 heteroatoms. The second-order valence-electron chi connectivity index (χ2n) is 6.14. The molecule has 3 nitrogen and oxygen atoms in total. The van der Waals surface area contributed by atoms with Crippen molar-refractivity contribution in [2.45, 2.75) is 31.9 Å². The first kappa shape index (κ1) is 14.1. The van der Waals surface area contributed by atoms with Crippen molar-refractivity contribution in [2.75, 3.05) is 32.8 Å². The van der Waals surface area contributed by atoms with Crippen LogP contribution in [0, 0.1) is 5.92 Å². The van der Waals surface area contributed by atoms with Gasteiger partial charge in [0.15, 0.2) is 0 Å². The zero-order chi connectivity index (χ0) is 13.6. The number of nitrogens with zero attached hydrogens (tertiary/aromatic N) is 1. The fourth-order valence-corrected chi connectivity index (χ4v) is 3.40. The van der Waals surface area contributed by atoms with E-state index in [-0.39, 0.29) is 0 Å². The van der Waals surface area contributed by atoms with Gasteiger partial charge in [-0.25, -0.2) is 0 Å². The molecule has 1 N–H and O–H groups in total. The van der Waals surface area contributed by atoms with Gasteiger partial charge in [0.2, 0.25) is 0 Å². The molecule has 0 spiro atoms. The molecule has 2 aliphatic rings. The highest BCUT2D eigenvalue weighted by Gasteiger charge is 2.24. The zero-order valence-electron chi connectivity index (χ0n) is 12.3. The number of nitrogens with one attached hydrogen (secondary N) is 1. The van der Waals surface area contributed by atoms with Gasteiger partial charge in [0.1, 0.15) is 0 Å². The van der Waals surface area contributed by atoms with Gasteiger partial charge in [-0.1, -0.05) is 30.3 Å². The van der Waals surface area contributed by atoms with E-state index in [1.807, 2.05) is 0 Å². The van der Waals surface area contributed by atoms with Crippen molar-refractivity contribution < 1.29 is 4.74 Å². The highest BCUT2D eigenvalue weighted by Crippen LogP contribution is 2.22. The maximum atomic E-state index is 5.99. The number of hydrogen-bond donors (Lipinski definition) is 1. The lowest BCUT2D eigenvalue weighted by molar-refractivity contribution is -0.0435. The molecule has 0 radical (unpaired) electrons. The Kier molecular flexibility index (Phi) is 5.06. The van der Waals surface area contributed by atoms with Gasteiger partial charge in [-0.05, 0) is 43.8 Å². The average Bonchev–Trinajstić information content (AvgIpc) is 2.50. The number of piperidine rings is 1. The van der Waals surface area contributed by atoms with Crippen LogP contribution in [0.5, 0.6) is 0 Å². The van der Waals surface area contributed by atoms with E-state index in [2.05, 4.69) is 40.5 Å². The highest BCUT2D eigenvalue weighted by molar-refractivity contribution is 5.14. The van der Waals surface area contributed by atoms with E-state index in [0.717, 1.165) is 32.2 Å². The predicted octanol–water partition coefficient (Wildman–Crippen LogP) is 2.28. The predicted molar refractivity (Wildman–Crippen MR) is 81.7 cm³/mol. The summed E-state index contributed by atoms with van der Waals surface area (Å²) in [5.41, 5.74) is 1.41. The van der Waals surface area contributed by atoms with E-state index < -0.39 is 0 Å². The third kappa shape index (κ3) is 4.05. The monoisotopic (exact) mass is 274 g/mol. The van der Waals surface area contributed by atoms with Gasteiger partial charge < -0.3 is 10.1 Å². The molecule has 0 saturated carbocycles. The summed E-state index contributed by atoms with van der Waals surface area (Å²) >= 11 is 0. The van der Waals surface area contributed by atoms with Crippen molar-refractivity contribution in [1.82, 2.24) is 10.2 Å². The molecule has 2 aliphatic heterocycles. The van der Waals surface area contributed by atoms with Crippen molar-refractivity contribution in [2.24, 2.45) is 5.92 Å². The molecule has 0 aromatic heterocycles. The molecular weight excluding hydrogens is 248 g/mol. The summed E-state index contributed by atoms with van der Waals surface area (Å²) in [5, 5.41) is 3.44. The number of hydrogen-bond acceptors (Lipinski definition) is 3. The van der Waals surface area contributed by atoms with E-state index in [4.69, 9.17) is 4.74 Å². The van der Waals surface area contributed by atoms with Crippen molar-refractivity contribution >= 4 is 0 Å². The summed E-state index contributed by atoms with van der Waals surface area (Å²) in [6, 6.07) is 10.8. The number of morpholine rings is 1. The van der Waals surface area contributed by atoms with E-state index in [9.17, 15) is 0 Å². The molecule has 20 heavy (non-hydrogen) atoms. The van der Waals surface area contributed by atoms with Gasteiger partial charge in [0.05, 0.1) is 12.7 Å². The molecule has 1 aromatic rings. The molecule has 1 unspecified atom stereocenters. The summed E-state index contributed by atoms with van der Waals surface area (Å²) in [5.74, 6) is 0.859. The standard InChI is InChI=1S/C17H26N2O/c1-2-4-16(5-3-1)13-19-10-11-20-17(14-19)12-15-6-8-18-9-7-15/h1-5,15,17-18H,6-14H2. The van der Waals surface area contributed by atoms with Gasteiger partial charge in [-0.2, -0.15) is 0 Å². The summed E-state index contributed by atoms with van der Waals surface area (Å²) in [6.07, 6.45) is 4.32. The second kappa shape index (κ2) is 7.21. The van der Waals surface area contributed by atoms with E-state index in [1.165, 1.54) is 37.9 Å². The Balaban J connectivity index is 1.48. The van der Waals surface area contributed by atoms with Crippen molar-refractivity contribution in [1.29, 1.82) is 0 Å². The SMILES string of the molecule is c1ccc(CN2CCOC(CC3CCNCC3)C2)cc1. The topological polar surface area (TPSA) is 24.5 Å². The van der Waals surface area contributed by atoms with Gasteiger partial charge in [-0.3, -0.25) is 4.90 Å². The third-order valence-corrected chi connectivity index (χ3v) is 4.53. The van der Waals surface area contributed by atoms with Crippen LogP contribution in [-0.2, 0) is 11.3 Å². The summed E-state index contributed by atoms with van der Waals surface area (Å²) in [4.78, 5) is 2.55. The van der Waals surface area contributed by atoms with Crippen LogP contribution in [0.4, 0.5) is 0 Å². The lowest BCUT2D eigenvalue weighted by atomic mass is 9.91. The third-order valence-electron chi connectivity index (χ3n) is 4.53. The van der Waals surface area contributed by atoms with Gasteiger partial charge in [0.25, 0.3) is 0 Å². The van der Waals surface area contributed by atoms with Gasteiger partial charge >= 0.3 is 0 Å². The lowest BCUT2D eigenvalue weighted by Gasteiger charge is -2.35. The molecule has 2 heterocycles. The fraction of sp³-hybridized carbons (Fsp3) is 0.647. The Morgan fingerprint density at radius 3 is 2.75 bits per heavy atom. The van der Waals surface area contributed by atoms with Crippen LogP contribution in [-0.4, -0.2) is 43.8 Å². The first-order valence-corrected chi connectivity index (χ1v) is 7.99. The molecule has 0 aliphatic carbocycles. The minimum Gasteiger partial charge on any atom is -0.376 e. The smallest absolute Gasteiger partial charge is 0.0705 e. The first-order chi connectivity index (χ1) is 9.90. The van der Waals surface area contributed by atoms with E-state index >= 15 is 0 Å². The Morgan fingerprint density at radius 1 is 1.15 bits per heavy atom. The second-order valence-corrected chi connectivity index (χ2v) is 6.14. The van der Waals surface area contributed by atoms with E-state index in [1.54, 1.807) is 0 Å². The summed E-state index contributed by atoms with van der Waals surface area (Å²) < 4.78 is 5.99. The molecule has 3 rings (SSSR count). The molecular formula is C17H26N2O. The van der Waals surface area contributed by atoms with Crippen LogP contribution < -0.4 is 5.32 Å². The zero-order valence-corrected chi connectivity index (χ0v) is 12.3. The first-order valence-electron chi connectivity index (χ1n) is 7.99. The Morgan fingerprint density at radius 2 is 1.95 bits per heavy atom. The average molecular weight is 274 g/mol. The number of benzene rings is 1. The molecule has 1 aromatic carbocycles. The van der Waals surface area contributed by atoms with Crippen LogP contribution >= 0.6 is 0 Å². The maximum absolute atomic E-state index is 5.99. The Labute approximate surface area is 122 Å². The molecule has 0 bridgehead atoms. The van der Waals surface area contributed by atoms with Gasteiger partial charge in [0, 0.05) is 19.6 Å². The fourth-order valence-electron chi connectivity index (χ4n) is 3.40. The molecule has 110 valence electrons. The summed E-state index contributed by atoms with van der Waals surface area (Å²) in [7, 11) is 0. The summed E-state index contributed by atoms with van der Waals surface area (Å²) in [6.45, 7) is 6.49. The normalized spacial score (nSPS) is 25.7. The van der Waals surface area contributed by atoms with Crippen LogP contribution in [0.15, 0.2) is 30.3 Å². The Bertz CT molecular complexity index is 389. The molecule has 2 saturated heterocycles. The van der Waals surface area contributed by atoms with Crippen molar-refractivity contribution in [3.63, 3.8) is 0 Å². The van der Waals surface area contributed by atoms with Crippen LogP contribution in [0.1, 0.15) is 24.8 Å². The Hall–Kier alpha value is -0.900. The van der Waals surface area contributed by atoms with Crippen LogP contribution in [0.25, 0.3) is 0 Å². The number of rotatable bonds is 4.